The van der Waals surface area contributed by atoms with Crippen LogP contribution in [0.1, 0.15) is 21.7 Å². The molecule has 0 bridgehead atoms. The van der Waals surface area contributed by atoms with Crippen molar-refractivity contribution in [3.05, 3.63) is 39.1 Å². The quantitative estimate of drug-likeness (QED) is 0.566. The minimum atomic E-state index is 1.17. The van der Waals surface area contributed by atoms with Gasteiger partial charge in [0.1, 0.15) is 0 Å². The third-order valence-electron chi connectivity index (χ3n) is 2.62. The molecular formula is C11H10S. The molecule has 1 aromatic heterocycles. The summed E-state index contributed by atoms with van der Waals surface area (Å²) in [4.78, 5) is 3.02. The Morgan fingerprint density at radius 3 is 3.25 bits per heavy atom. The predicted octanol–water partition coefficient (Wildman–Crippen LogP) is 3.33. The van der Waals surface area contributed by atoms with E-state index in [1.54, 1.807) is 21.6 Å². The molecule has 0 amide bonds. The Bertz CT molecular complexity index is 405. The molecule has 3 rings (SSSR count). The van der Waals surface area contributed by atoms with Crippen LogP contribution < -0.4 is 0 Å². The highest BCUT2D eigenvalue weighted by atomic mass is 32.1. The summed E-state index contributed by atoms with van der Waals surface area (Å²) >= 11 is 1.96. The van der Waals surface area contributed by atoms with Crippen molar-refractivity contribution >= 4 is 16.9 Å². The molecule has 1 aromatic rings. The smallest absolute Gasteiger partial charge is 0.0346 e. The van der Waals surface area contributed by atoms with E-state index in [4.69, 9.17) is 0 Å². The number of allylic oxidation sites excluding steroid dienone is 4. The molecule has 0 atom stereocenters. The van der Waals surface area contributed by atoms with E-state index in [-0.39, 0.29) is 0 Å². The van der Waals surface area contributed by atoms with Crippen LogP contribution in [0.15, 0.2) is 23.8 Å². The van der Waals surface area contributed by atoms with Crippen molar-refractivity contribution in [3.8, 4) is 0 Å². The first-order valence-corrected chi connectivity index (χ1v) is 5.14. The van der Waals surface area contributed by atoms with Gasteiger partial charge in [0.05, 0.1) is 0 Å². The minimum absolute atomic E-state index is 1.17. The standard InChI is InChI=1S/C11H10S/c1-7-5-9-6-8-3-2-4-10(8)11(9)12-7/h2-3,5H,4,6H2,1H3. The fraction of sp³-hybridized carbons (Fsp3) is 0.273. The van der Waals surface area contributed by atoms with Gasteiger partial charge in [-0.2, -0.15) is 0 Å². The van der Waals surface area contributed by atoms with Gasteiger partial charge in [-0.05, 0) is 42.5 Å². The molecule has 1 heteroatoms. The van der Waals surface area contributed by atoms with Crippen LogP contribution in [0.2, 0.25) is 0 Å². The fourth-order valence-corrected chi connectivity index (χ4v) is 3.24. The highest BCUT2D eigenvalue weighted by Crippen LogP contribution is 2.43. The van der Waals surface area contributed by atoms with Gasteiger partial charge < -0.3 is 0 Å². The molecule has 0 radical (unpaired) electrons. The summed E-state index contributed by atoms with van der Waals surface area (Å²) in [5, 5.41) is 0. The first kappa shape index (κ1) is 6.67. The second-order valence-electron chi connectivity index (χ2n) is 3.50. The van der Waals surface area contributed by atoms with E-state index in [9.17, 15) is 0 Å². The van der Waals surface area contributed by atoms with E-state index in [2.05, 4.69) is 25.1 Å². The van der Waals surface area contributed by atoms with Crippen LogP contribution in [0.5, 0.6) is 0 Å². The zero-order valence-corrected chi connectivity index (χ0v) is 7.87. The average molecular weight is 174 g/mol. The SMILES string of the molecule is Cc1cc2c(s1)C1=C(C=CC1)C2. The van der Waals surface area contributed by atoms with Crippen LogP contribution in [0, 0.1) is 6.92 Å². The highest BCUT2D eigenvalue weighted by molar-refractivity contribution is 7.13. The van der Waals surface area contributed by atoms with Gasteiger partial charge >= 0.3 is 0 Å². The van der Waals surface area contributed by atoms with Gasteiger partial charge in [-0.15, -0.1) is 11.3 Å². The van der Waals surface area contributed by atoms with Crippen LogP contribution in [0.4, 0.5) is 0 Å². The van der Waals surface area contributed by atoms with Crippen LogP contribution in [0.3, 0.4) is 0 Å². The average Bonchev–Trinajstić information content (AvgIpc) is 2.59. The van der Waals surface area contributed by atoms with Gasteiger partial charge in [0.25, 0.3) is 0 Å². The molecule has 2 aliphatic carbocycles. The molecule has 0 saturated carbocycles. The molecular weight excluding hydrogens is 164 g/mol. The van der Waals surface area contributed by atoms with Crippen LogP contribution >= 0.6 is 11.3 Å². The second kappa shape index (κ2) is 2.11. The Kier molecular flexibility index (Phi) is 1.17. The van der Waals surface area contributed by atoms with Gasteiger partial charge in [-0.1, -0.05) is 12.2 Å². The summed E-state index contributed by atoms with van der Waals surface area (Å²) < 4.78 is 0. The van der Waals surface area contributed by atoms with Gasteiger partial charge in [-0.25, -0.2) is 0 Å². The molecule has 2 aliphatic rings. The van der Waals surface area contributed by atoms with E-state index >= 15 is 0 Å². The van der Waals surface area contributed by atoms with E-state index < -0.39 is 0 Å². The molecule has 0 saturated heterocycles. The maximum Gasteiger partial charge on any atom is 0.0346 e. The highest BCUT2D eigenvalue weighted by Gasteiger charge is 2.23. The second-order valence-corrected chi connectivity index (χ2v) is 4.75. The lowest BCUT2D eigenvalue weighted by molar-refractivity contribution is 1.26. The van der Waals surface area contributed by atoms with Crippen molar-refractivity contribution in [1.82, 2.24) is 0 Å². The number of hydrogen-bond donors (Lipinski definition) is 0. The number of thiophene rings is 1. The summed E-state index contributed by atoms with van der Waals surface area (Å²) in [7, 11) is 0. The summed E-state index contributed by atoms with van der Waals surface area (Å²) in [5.41, 5.74) is 4.73. The third kappa shape index (κ3) is 0.721. The first-order chi connectivity index (χ1) is 5.84. The molecule has 0 N–H and O–H groups in total. The largest absolute Gasteiger partial charge is 0.141 e. The van der Waals surface area contributed by atoms with Gasteiger partial charge in [0, 0.05) is 9.75 Å². The predicted molar refractivity (Wildman–Crippen MR) is 53.4 cm³/mol. The maximum absolute atomic E-state index is 2.34. The molecule has 1 heterocycles. The lowest BCUT2D eigenvalue weighted by Gasteiger charge is -1.93. The van der Waals surface area contributed by atoms with Gasteiger partial charge in [0.15, 0.2) is 0 Å². The zero-order chi connectivity index (χ0) is 8.13. The number of hydrogen-bond acceptors (Lipinski definition) is 1. The van der Waals surface area contributed by atoms with E-state index in [0.29, 0.717) is 0 Å². The van der Waals surface area contributed by atoms with E-state index in [0.717, 1.165) is 0 Å². The Morgan fingerprint density at radius 1 is 1.42 bits per heavy atom. The summed E-state index contributed by atoms with van der Waals surface area (Å²) in [6.45, 7) is 2.20. The molecule has 12 heavy (non-hydrogen) atoms. The van der Waals surface area contributed by atoms with E-state index in [1.165, 1.54) is 17.7 Å². The van der Waals surface area contributed by atoms with Crippen molar-refractivity contribution in [1.29, 1.82) is 0 Å². The Hall–Kier alpha value is -0.820. The maximum atomic E-state index is 2.34. The lowest BCUT2D eigenvalue weighted by atomic mass is 10.2. The van der Waals surface area contributed by atoms with Crippen molar-refractivity contribution in [2.45, 2.75) is 19.8 Å². The summed E-state index contributed by atoms with van der Waals surface area (Å²) in [6.07, 6.45) is 6.92. The van der Waals surface area contributed by atoms with Crippen molar-refractivity contribution in [2.24, 2.45) is 0 Å². The first-order valence-electron chi connectivity index (χ1n) is 4.33. The molecule has 60 valence electrons. The minimum Gasteiger partial charge on any atom is -0.141 e. The molecule has 0 aromatic carbocycles. The zero-order valence-electron chi connectivity index (χ0n) is 7.05. The lowest BCUT2D eigenvalue weighted by Crippen LogP contribution is -1.76. The van der Waals surface area contributed by atoms with Crippen molar-refractivity contribution < 1.29 is 0 Å². The number of aryl methyl sites for hydroxylation is 1. The van der Waals surface area contributed by atoms with Gasteiger partial charge in [0.2, 0.25) is 0 Å². The molecule has 0 fully saturated rings. The van der Waals surface area contributed by atoms with Crippen LogP contribution in [0.25, 0.3) is 5.57 Å². The Balaban J connectivity index is 2.20. The molecule has 0 aliphatic heterocycles. The number of rotatable bonds is 0. The normalized spacial score (nSPS) is 18.8. The Morgan fingerprint density at radius 2 is 2.33 bits per heavy atom. The summed E-state index contributed by atoms with van der Waals surface area (Å²) in [5.74, 6) is 0. The molecule has 0 nitrogen and oxygen atoms in total. The molecule has 0 unspecified atom stereocenters. The van der Waals surface area contributed by atoms with Gasteiger partial charge in [-0.3, -0.25) is 0 Å². The third-order valence-corrected chi connectivity index (χ3v) is 3.77. The fourth-order valence-electron chi connectivity index (χ4n) is 2.11. The Labute approximate surface area is 76.2 Å². The number of fused-ring (bicyclic) bond motifs is 2. The van der Waals surface area contributed by atoms with Crippen LogP contribution in [-0.2, 0) is 6.42 Å². The monoisotopic (exact) mass is 174 g/mol. The topological polar surface area (TPSA) is 0 Å². The summed E-state index contributed by atoms with van der Waals surface area (Å²) in [6, 6.07) is 2.34. The van der Waals surface area contributed by atoms with Crippen LogP contribution in [-0.4, -0.2) is 0 Å². The molecule has 0 spiro atoms. The van der Waals surface area contributed by atoms with Crippen molar-refractivity contribution in [2.75, 3.05) is 0 Å². The van der Waals surface area contributed by atoms with Crippen molar-refractivity contribution in [3.63, 3.8) is 0 Å². The van der Waals surface area contributed by atoms with E-state index in [1.807, 2.05) is 11.3 Å².